The van der Waals surface area contributed by atoms with Crippen LogP contribution in [0.4, 0.5) is 0 Å². The van der Waals surface area contributed by atoms with E-state index in [1.165, 1.54) is 18.5 Å². The third-order valence-corrected chi connectivity index (χ3v) is 3.86. The molecule has 100 valence electrons. The summed E-state index contributed by atoms with van der Waals surface area (Å²) in [4.78, 5) is 0. The van der Waals surface area contributed by atoms with Gasteiger partial charge in [0.1, 0.15) is 0 Å². The summed E-state index contributed by atoms with van der Waals surface area (Å²) in [6, 6.07) is 1.16. The van der Waals surface area contributed by atoms with Crippen LogP contribution in [-0.4, -0.2) is 25.3 Å². The largest absolute Gasteiger partial charge is 0.386 e. The lowest BCUT2D eigenvalue weighted by Crippen LogP contribution is -2.32. The van der Waals surface area contributed by atoms with Crippen LogP contribution in [0.5, 0.6) is 0 Å². The van der Waals surface area contributed by atoms with Gasteiger partial charge in [0.2, 0.25) is 0 Å². The number of hydrogen-bond donors (Lipinski definition) is 3. The molecule has 0 bridgehead atoms. The Morgan fingerprint density at radius 1 is 1.35 bits per heavy atom. The summed E-state index contributed by atoms with van der Waals surface area (Å²) < 4.78 is 0. The van der Waals surface area contributed by atoms with E-state index in [4.69, 9.17) is 0 Å². The van der Waals surface area contributed by atoms with Crippen molar-refractivity contribution in [3.8, 4) is 0 Å². The summed E-state index contributed by atoms with van der Waals surface area (Å²) in [5.74, 6) is 1.21. The summed E-state index contributed by atoms with van der Waals surface area (Å²) in [6.07, 6.45) is 2.43. The average molecular weight is 239 g/mol. The van der Waals surface area contributed by atoms with Crippen molar-refractivity contribution in [3.63, 3.8) is 0 Å². The third kappa shape index (κ3) is 5.09. The first kappa shape index (κ1) is 14.5. The second-order valence-corrected chi connectivity index (χ2v) is 5.71. The van der Waals surface area contributed by atoms with Crippen LogP contribution in [0, 0.1) is 11.8 Å². The Kier molecular flexibility index (Phi) is 6.00. The molecule has 0 amide bonds. The maximum Gasteiger partial charge on any atom is 0.0457 e. The van der Waals surface area contributed by atoms with E-state index in [0.717, 1.165) is 13.2 Å². The van der Waals surface area contributed by atoms with E-state index >= 15 is 0 Å². The van der Waals surface area contributed by atoms with Gasteiger partial charge >= 0.3 is 0 Å². The number of hydrogen-bond acceptors (Lipinski definition) is 3. The lowest BCUT2D eigenvalue weighted by atomic mass is 9.97. The van der Waals surface area contributed by atoms with Crippen LogP contribution in [0.25, 0.3) is 0 Å². The lowest BCUT2D eigenvalue weighted by Gasteiger charge is -2.24. The van der Waals surface area contributed by atoms with Crippen LogP contribution in [0.3, 0.4) is 0 Å². The number of allylic oxidation sites excluding steroid dienone is 1. The molecule has 0 radical (unpaired) electrons. The van der Waals surface area contributed by atoms with Crippen molar-refractivity contribution in [3.05, 3.63) is 12.3 Å². The van der Waals surface area contributed by atoms with Crippen LogP contribution >= 0.6 is 0 Å². The fourth-order valence-corrected chi connectivity index (χ4v) is 1.97. The Labute approximate surface area is 106 Å². The molecule has 1 aliphatic heterocycles. The molecule has 3 nitrogen and oxygen atoms in total. The van der Waals surface area contributed by atoms with Crippen LogP contribution in [0.15, 0.2) is 12.3 Å². The van der Waals surface area contributed by atoms with E-state index in [1.54, 1.807) is 0 Å². The summed E-state index contributed by atoms with van der Waals surface area (Å²) in [5.41, 5.74) is 1.19. The topological polar surface area (TPSA) is 36.1 Å². The van der Waals surface area contributed by atoms with Gasteiger partial charge in [-0.2, -0.15) is 0 Å². The summed E-state index contributed by atoms with van der Waals surface area (Å²) >= 11 is 0. The fraction of sp³-hybridized carbons (Fsp3) is 0.857. The van der Waals surface area contributed by atoms with Gasteiger partial charge in [0.25, 0.3) is 0 Å². The molecule has 17 heavy (non-hydrogen) atoms. The van der Waals surface area contributed by atoms with Gasteiger partial charge in [-0.1, -0.05) is 27.4 Å². The summed E-state index contributed by atoms with van der Waals surface area (Å²) in [5, 5.41) is 10.3. The molecule has 0 saturated carbocycles. The van der Waals surface area contributed by atoms with Crippen molar-refractivity contribution < 1.29 is 0 Å². The second kappa shape index (κ2) is 7.02. The predicted molar refractivity (Wildman–Crippen MR) is 74.8 cm³/mol. The summed E-state index contributed by atoms with van der Waals surface area (Å²) in [6.45, 7) is 15.2. The molecule has 3 heteroatoms. The molecule has 0 aromatic carbocycles. The maximum atomic E-state index is 4.18. The fourth-order valence-electron chi connectivity index (χ4n) is 1.97. The zero-order chi connectivity index (χ0) is 12.8. The van der Waals surface area contributed by atoms with Gasteiger partial charge in [-0.15, -0.1) is 0 Å². The molecule has 1 aliphatic rings. The van der Waals surface area contributed by atoms with Crippen LogP contribution in [0.1, 0.15) is 40.5 Å². The minimum Gasteiger partial charge on any atom is -0.386 e. The SMILES string of the molecule is C=C(NC(C)C(C)C)[C@H](C)CCC1CNCN1. The van der Waals surface area contributed by atoms with E-state index in [2.05, 4.69) is 50.2 Å². The van der Waals surface area contributed by atoms with Gasteiger partial charge in [-0.3, -0.25) is 0 Å². The van der Waals surface area contributed by atoms with E-state index in [0.29, 0.717) is 23.9 Å². The smallest absolute Gasteiger partial charge is 0.0457 e. The Bertz CT molecular complexity index is 232. The van der Waals surface area contributed by atoms with Crippen molar-refractivity contribution in [2.75, 3.05) is 13.2 Å². The summed E-state index contributed by atoms with van der Waals surface area (Å²) in [7, 11) is 0. The first-order chi connectivity index (χ1) is 8.00. The van der Waals surface area contributed by atoms with Gasteiger partial charge < -0.3 is 16.0 Å². The zero-order valence-electron chi connectivity index (χ0n) is 11.8. The molecule has 0 aromatic heterocycles. The highest BCUT2D eigenvalue weighted by Gasteiger charge is 2.16. The lowest BCUT2D eigenvalue weighted by molar-refractivity contribution is 0.417. The highest BCUT2D eigenvalue weighted by molar-refractivity contribution is 4.98. The van der Waals surface area contributed by atoms with Crippen LogP contribution in [-0.2, 0) is 0 Å². The van der Waals surface area contributed by atoms with Crippen molar-refractivity contribution in [2.45, 2.75) is 52.6 Å². The maximum absolute atomic E-state index is 4.18. The average Bonchev–Trinajstić information content (AvgIpc) is 2.78. The van der Waals surface area contributed by atoms with Crippen LogP contribution < -0.4 is 16.0 Å². The third-order valence-electron chi connectivity index (χ3n) is 3.86. The molecule has 0 aliphatic carbocycles. The van der Waals surface area contributed by atoms with Gasteiger partial charge in [0.05, 0.1) is 0 Å². The van der Waals surface area contributed by atoms with E-state index in [-0.39, 0.29) is 0 Å². The van der Waals surface area contributed by atoms with Gasteiger partial charge in [-0.05, 0) is 31.6 Å². The first-order valence-electron chi connectivity index (χ1n) is 6.90. The van der Waals surface area contributed by atoms with E-state index in [1.807, 2.05) is 0 Å². The highest BCUT2D eigenvalue weighted by atomic mass is 15.2. The van der Waals surface area contributed by atoms with E-state index in [9.17, 15) is 0 Å². The van der Waals surface area contributed by atoms with Crippen molar-refractivity contribution >= 4 is 0 Å². The molecule has 3 atom stereocenters. The second-order valence-electron chi connectivity index (χ2n) is 5.71. The Morgan fingerprint density at radius 3 is 2.59 bits per heavy atom. The van der Waals surface area contributed by atoms with Crippen molar-refractivity contribution in [2.24, 2.45) is 11.8 Å². The molecular weight excluding hydrogens is 210 g/mol. The van der Waals surface area contributed by atoms with E-state index < -0.39 is 0 Å². The normalized spacial score (nSPS) is 23.7. The zero-order valence-corrected chi connectivity index (χ0v) is 11.8. The minimum atomic E-state index is 0.510. The molecule has 2 unspecified atom stereocenters. The van der Waals surface area contributed by atoms with Gasteiger partial charge in [0.15, 0.2) is 0 Å². The van der Waals surface area contributed by atoms with Crippen molar-refractivity contribution in [1.82, 2.24) is 16.0 Å². The Hall–Kier alpha value is -0.540. The molecule has 1 fully saturated rings. The van der Waals surface area contributed by atoms with Crippen LogP contribution in [0.2, 0.25) is 0 Å². The molecule has 1 saturated heterocycles. The molecule has 0 aromatic rings. The predicted octanol–water partition coefficient (Wildman–Crippen LogP) is 2.07. The highest BCUT2D eigenvalue weighted by Crippen LogP contribution is 2.16. The molecule has 1 rings (SSSR count). The minimum absolute atomic E-state index is 0.510. The monoisotopic (exact) mass is 239 g/mol. The number of rotatable bonds is 7. The quantitative estimate of drug-likeness (QED) is 0.636. The molecular formula is C14H29N3. The molecule has 1 heterocycles. The Morgan fingerprint density at radius 2 is 2.06 bits per heavy atom. The molecule has 3 N–H and O–H groups in total. The van der Waals surface area contributed by atoms with Crippen molar-refractivity contribution in [1.29, 1.82) is 0 Å². The van der Waals surface area contributed by atoms with Gasteiger partial charge in [-0.25, -0.2) is 0 Å². The Balaban J connectivity index is 2.21. The molecule has 0 spiro atoms. The first-order valence-corrected chi connectivity index (χ1v) is 6.90. The number of nitrogens with one attached hydrogen (secondary N) is 3. The van der Waals surface area contributed by atoms with Gasteiger partial charge in [0, 0.05) is 31.0 Å². The standard InChI is InChI=1S/C14H29N3/c1-10(2)12(4)17-13(5)11(3)6-7-14-8-15-9-16-14/h10-12,14-17H,5-9H2,1-4H3/t11-,12?,14?/m1/s1.